The number of non-ortho nitro benzene ring substituents is 1. The summed E-state index contributed by atoms with van der Waals surface area (Å²) in [7, 11) is 0. The fourth-order valence-corrected chi connectivity index (χ4v) is 2.11. The highest BCUT2D eigenvalue weighted by molar-refractivity contribution is 7.15. The SMILES string of the molecule is Cc1nc(N=Cc2cccc([N+](=O)[O-])c2)sc1C. The van der Waals surface area contributed by atoms with E-state index in [1.807, 2.05) is 13.8 Å². The number of nitrogens with zero attached hydrogens (tertiary/aromatic N) is 3. The summed E-state index contributed by atoms with van der Waals surface area (Å²) in [5.74, 6) is 0. The summed E-state index contributed by atoms with van der Waals surface area (Å²) < 4.78 is 0. The summed E-state index contributed by atoms with van der Waals surface area (Å²) >= 11 is 1.50. The monoisotopic (exact) mass is 261 g/mol. The largest absolute Gasteiger partial charge is 0.270 e. The van der Waals surface area contributed by atoms with E-state index in [0.717, 1.165) is 10.6 Å². The summed E-state index contributed by atoms with van der Waals surface area (Å²) in [6.45, 7) is 3.91. The lowest BCUT2D eigenvalue weighted by Gasteiger charge is -1.92. The van der Waals surface area contributed by atoms with Crippen molar-refractivity contribution in [2.45, 2.75) is 13.8 Å². The molecule has 0 fully saturated rings. The Morgan fingerprint density at radius 1 is 1.44 bits per heavy atom. The van der Waals surface area contributed by atoms with Crippen molar-refractivity contribution >= 4 is 28.4 Å². The van der Waals surface area contributed by atoms with Gasteiger partial charge in [-0.1, -0.05) is 23.5 Å². The molecule has 0 aliphatic carbocycles. The molecule has 0 radical (unpaired) electrons. The molecule has 0 saturated heterocycles. The van der Waals surface area contributed by atoms with Gasteiger partial charge in [0, 0.05) is 23.2 Å². The lowest BCUT2D eigenvalue weighted by atomic mass is 10.2. The zero-order valence-electron chi connectivity index (χ0n) is 9.95. The summed E-state index contributed by atoms with van der Waals surface area (Å²) in [5.41, 5.74) is 1.71. The molecule has 2 rings (SSSR count). The van der Waals surface area contributed by atoms with Gasteiger partial charge in [0.1, 0.15) is 0 Å². The maximum Gasteiger partial charge on any atom is 0.270 e. The minimum Gasteiger partial charge on any atom is -0.258 e. The van der Waals surface area contributed by atoms with E-state index in [9.17, 15) is 10.1 Å². The normalized spacial score (nSPS) is 11.0. The third kappa shape index (κ3) is 2.78. The number of hydrogen-bond acceptors (Lipinski definition) is 5. The minimum absolute atomic E-state index is 0.0606. The summed E-state index contributed by atoms with van der Waals surface area (Å²) in [6, 6.07) is 6.34. The second-order valence-corrected chi connectivity index (χ2v) is 4.93. The van der Waals surface area contributed by atoms with Gasteiger partial charge in [0.25, 0.3) is 5.69 Å². The molecule has 18 heavy (non-hydrogen) atoms. The molecule has 1 aromatic heterocycles. The number of nitro benzene ring substituents is 1. The van der Waals surface area contributed by atoms with Crippen LogP contribution < -0.4 is 0 Å². The molecule has 0 saturated carbocycles. The van der Waals surface area contributed by atoms with E-state index in [-0.39, 0.29) is 5.69 Å². The van der Waals surface area contributed by atoms with Gasteiger partial charge in [0.15, 0.2) is 0 Å². The number of rotatable bonds is 3. The molecule has 92 valence electrons. The van der Waals surface area contributed by atoms with Gasteiger partial charge < -0.3 is 0 Å². The van der Waals surface area contributed by atoms with Crippen LogP contribution in [0.25, 0.3) is 0 Å². The molecule has 0 amide bonds. The van der Waals surface area contributed by atoms with Gasteiger partial charge in [0.2, 0.25) is 5.13 Å². The Morgan fingerprint density at radius 2 is 2.22 bits per heavy atom. The third-order valence-electron chi connectivity index (χ3n) is 2.42. The average Bonchev–Trinajstić information content (AvgIpc) is 2.67. The first-order valence-corrected chi connectivity index (χ1v) is 6.10. The molecule has 2 aromatic rings. The van der Waals surface area contributed by atoms with E-state index >= 15 is 0 Å². The lowest BCUT2D eigenvalue weighted by Crippen LogP contribution is -1.89. The van der Waals surface area contributed by atoms with Crippen LogP contribution in [0.4, 0.5) is 10.8 Å². The molecule has 1 heterocycles. The molecular weight excluding hydrogens is 250 g/mol. The van der Waals surface area contributed by atoms with E-state index in [4.69, 9.17) is 0 Å². The van der Waals surface area contributed by atoms with Crippen molar-refractivity contribution in [1.82, 2.24) is 4.98 Å². The van der Waals surface area contributed by atoms with E-state index in [1.54, 1.807) is 18.3 Å². The average molecular weight is 261 g/mol. The van der Waals surface area contributed by atoms with Crippen LogP contribution in [0.5, 0.6) is 0 Å². The van der Waals surface area contributed by atoms with Crippen LogP contribution in [-0.2, 0) is 0 Å². The first-order valence-electron chi connectivity index (χ1n) is 5.29. The molecule has 0 atom stereocenters. The third-order valence-corrected chi connectivity index (χ3v) is 3.40. The second-order valence-electron chi connectivity index (χ2n) is 3.75. The molecule has 5 nitrogen and oxygen atoms in total. The predicted molar refractivity (Wildman–Crippen MR) is 71.9 cm³/mol. The maximum atomic E-state index is 10.6. The number of aliphatic imine (C=N–C) groups is 1. The highest BCUT2D eigenvalue weighted by Gasteiger charge is 2.05. The fraction of sp³-hybridized carbons (Fsp3) is 0.167. The Bertz CT molecular complexity index is 600. The molecular formula is C12H11N3O2S. The summed E-state index contributed by atoms with van der Waals surface area (Å²) in [4.78, 5) is 19.8. The van der Waals surface area contributed by atoms with Crippen molar-refractivity contribution in [2.24, 2.45) is 4.99 Å². The fourth-order valence-electron chi connectivity index (χ4n) is 1.36. The van der Waals surface area contributed by atoms with Crippen molar-refractivity contribution in [3.05, 3.63) is 50.5 Å². The molecule has 6 heteroatoms. The number of nitro groups is 1. The van der Waals surface area contributed by atoms with Gasteiger partial charge in [-0.15, -0.1) is 0 Å². The highest BCUT2D eigenvalue weighted by atomic mass is 32.1. The Hall–Kier alpha value is -2.08. The van der Waals surface area contributed by atoms with Crippen LogP contribution in [0.2, 0.25) is 0 Å². The van der Waals surface area contributed by atoms with Crippen LogP contribution in [0.3, 0.4) is 0 Å². The Labute approximate surface area is 108 Å². The first-order chi connectivity index (χ1) is 8.56. The molecule has 0 spiro atoms. The van der Waals surface area contributed by atoms with E-state index in [2.05, 4.69) is 9.98 Å². The molecule has 0 bridgehead atoms. The number of aryl methyl sites for hydroxylation is 2. The molecule has 0 unspecified atom stereocenters. The standard InChI is InChI=1S/C12H11N3O2S/c1-8-9(2)18-12(14-8)13-7-10-4-3-5-11(6-10)15(16)17/h3-7H,1-2H3. The van der Waals surface area contributed by atoms with Crippen molar-refractivity contribution in [3.63, 3.8) is 0 Å². The zero-order valence-corrected chi connectivity index (χ0v) is 10.8. The van der Waals surface area contributed by atoms with Crippen molar-refractivity contribution in [3.8, 4) is 0 Å². The van der Waals surface area contributed by atoms with Crippen LogP contribution >= 0.6 is 11.3 Å². The topological polar surface area (TPSA) is 68.4 Å². The van der Waals surface area contributed by atoms with Gasteiger partial charge in [-0.05, 0) is 19.4 Å². The Kier molecular flexibility index (Phi) is 3.47. The molecule has 0 aliphatic heterocycles. The zero-order chi connectivity index (χ0) is 13.1. The molecule has 0 aliphatic rings. The van der Waals surface area contributed by atoms with Crippen molar-refractivity contribution < 1.29 is 4.92 Å². The van der Waals surface area contributed by atoms with Gasteiger partial charge >= 0.3 is 0 Å². The van der Waals surface area contributed by atoms with Crippen LogP contribution in [0.1, 0.15) is 16.1 Å². The van der Waals surface area contributed by atoms with Crippen LogP contribution in [0.15, 0.2) is 29.3 Å². The Morgan fingerprint density at radius 3 is 2.83 bits per heavy atom. The van der Waals surface area contributed by atoms with Gasteiger partial charge in [-0.2, -0.15) is 0 Å². The first kappa shape index (κ1) is 12.4. The number of hydrogen-bond donors (Lipinski definition) is 0. The van der Waals surface area contributed by atoms with Gasteiger partial charge in [-0.3, -0.25) is 10.1 Å². The van der Waals surface area contributed by atoms with Crippen LogP contribution in [0, 0.1) is 24.0 Å². The van der Waals surface area contributed by atoms with Crippen molar-refractivity contribution in [1.29, 1.82) is 0 Å². The summed E-state index contributed by atoms with van der Waals surface area (Å²) in [6.07, 6.45) is 1.59. The van der Waals surface area contributed by atoms with E-state index in [1.165, 1.54) is 23.5 Å². The molecule has 0 N–H and O–H groups in total. The van der Waals surface area contributed by atoms with E-state index in [0.29, 0.717) is 10.7 Å². The number of thiazole rings is 1. The van der Waals surface area contributed by atoms with Gasteiger partial charge in [-0.25, -0.2) is 9.98 Å². The predicted octanol–water partition coefficient (Wildman–Crippen LogP) is 3.42. The minimum atomic E-state index is -0.422. The summed E-state index contributed by atoms with van der Waals surface area (Å²) in [5, 5.41) is 11.3. The second kappa shape index (κ2) is 5.05. The highest BCUT2D eigenvalue weighted by Crippen LogP contribution is 2.23. The lowest BCUT2D eigenvalue weighted by molar-refractivity contribution is -0.384. The quantitative estimate of drug-likeness (QED) is 0.483. The van der Waals surface area contributed by atoms with Crippen LogP contribution in [-0.4, -0.2) is 16.1 Å². The van der Waals surface area contributed by atoms with Crippen molar-refractivity contribution in [2.75, 3.05) is 0 Å². The number of aromatic nitrogens is 1. The maximum absolute atomic E-state index is 10.6. The van der Waals surface area contributed by atoms with Gasteiger partial charge in [0.05, 0.1) is 10.6 Å². The Balaban J connectivity index is 2.23. The smallest absolute Gasteiger partial charge is 0.258 e. The molecule has 1 aromatic carbocycles. The van der Waals surface area contributed by atoms with E-state index < -0.39 is 4.92 Å². The number of benzene rings is 1.